The van der Waals surface area contributed by atoms with E-state index in [1.807, 2.05) is 0 Å². The zero-order valence-electron chi connectivity index (χ0n) is 5.38. The largest absolute Gasteiger partial charge is 0.198 e. The van der Waals surface area contributed by atoms with E-state index in [-0.39, 0.29) is 0 Å². The number of aromatic nitrogens is 3. The van der Waals surface area contributed by atoms with Crippen molar-refractivity contribution in [2.45, 2.75) is 0 Å². The summed E-state index contributed by atoms with van der Waals surface area (Å²) in [5, 5.41) is 9.33. The number of H-pyrrole nitrogens is 1. The highest BCUT2D eigenvalue weighted by Crippen LogP contribution is 1.55. The fourth-order valence-corrected chi connectivity index (χ4v) is 0.167. The van der Waals surface area contributed by atoms with Crippen LogP contribution in [0.25, 0.3) is 0 Å². The fourth-order valence-electron chi connectivity index (χ4n) is 0.167. The van der Waals surface area contributed by atoms with Crippen LogP contribution in [0.15, 0.2) is 38.7 Å². The van der Waals surface area contributed by atoms with Crippen LogP contribution < -0.4 is 0 Å². The summed E-state index contributed by atoms with van der Waals surface area (Å²) in [7, 11) is 0. The van der Waals surface area contributed by atoms with Gasteiger partial charge in [-0.3, -0.25) is 0 Å². The summed E-state index contributed by atoms with van der Waals surface area (Å²) in [6, 6.07) is 0. The van der Waals surface area contributed by atoms with Gasteiger partial charge in [-0.15, -0.1) is 26.3 Å². The Kier molecular flexibility index (Phi) is 18.7. The van der Waals surface area contributed by atoms with Crippen molar-refractivity contribution in [2.24, 2.45) is 0 Å². The van der Waals surface area contributed by atoms with Gasteiger partial charge in [0.15, 0.2) is 0 Å². The average Bonchev–Trinajstić information content (AvgIpc) is 2.51. The maximum Gasteiger partial charge on any atom is 0.0690 e. The lowest BCUT2D eigenvalue weighted by Crippen LogP contribution is -1.61. The number of hydrogen-bond acceptors (Lipinski definition) is 2. The van der Waals surface area contributed by atoms with Gasteiger partial charge in [0.2, 0.25) is 0 Å². The molecule has 0 unspecified atom stereocenters. The van der Waals surface area contributed by atoms with Gasteiger partial charge in [-0.1, -0.05) is 0 Å². The molecule has 0 saturated carbocycles. The summed E-state index contributed by atoms with van der Waals surface area (Å²) in [5.41, 5.74) is 0. The molecule has 1 aromatic rings. The molecule has 3 heteroatoms. The normalized spacial score (nSPS) is 5.33. The standard InChI is InChI=1S/C2H3N3.2C2H4/c1-2-4-5-3-1;2*1-2/h1-2H,(H,3,4,5);2*1-2H2. The Balaban J connectivity index is 0. The van der Waals surface area contributed by atoms with Crippen molar-refractivity contribution in [2.75, 3.05) is 0 Å². The van der Waals surface area contributed by atoms with Crippen molar-refractivity contribution in [1.29, 1.82) is 0 Å². The maximum atomic E-state index is 3.49. The van der Waals surface area contributed by atoms with Gasteiger partial charge in [-0.25, -0.2) is 0 Å². The smallest absolute Gasteiger partial charge is 0.0690 e. The summed E-state index contributed by atoms with van der Waals surface area (Å²) < 4.78 is 0. The maximum absolute atomic E-state index is 3.49. The molecular weight excluding hydrogens is 114 g/mol. The van der Waals surface area contributed by atoms with Crippen molar-refractivity contribution in [3.63, 3.8) is 0 Å². The van der Waals surface area contributed by atoms with Gasteiger partial charge in [0.25, 0.3) is 0 Å². The number of nitrogens with zero attached hydrogens (tertiary/aromatic N) is 2. The summed E-state index contributed by atoms with van der Waals surface area (Å²) in [6.45, 7) is 12.0. The molecule has 0 fully saturated rings. The lowest BCUT2D eigenvalue weighted by Gasteiger charge is -1.48. The average molecular weight is 125 g/mol. The van der Waals surface area contributed by atoms with E-state index in [9.17, 15) is 0 Å². The van der Waals surface area contributed by atoms with E-state index in [0.29, 0.717) is 0 Å². The van der Waals surface area contributed by atoms with Crippen LogP contribution in [0.3, 0.4) is 0 Å². The molecule has 0 atom stereocenters. The van der Waals surface area contributed by atoms with E-state index in [1.165, 1.54) is 0 Å². The lowest BCUT2D eigenvalue weighted by molar-refractivity contribution is 0.940. The molecule has 0 aromatic carbocycles. The van der Waals surface area contributed by atoms with Crippen molar-refractivity contribution in [3.05, 3.63) is 38.7 Å². The molecule has 1 aromatic heterocycles. The van der Waals surface area contributed by atoms with Crippen LogP contribution in [0.1, 0.15) is 0 Å². The second-order valence-electron chi connectivity index (χ2n) is 0.656. The Labute approximate surface area is 55.1 Å². The minimum absolute atomic E-state index is 1.58. The zero-order valence-corrected chi connectivity index (χ0v) is 5.38. The topological polar surface area (TPSA) is 41.6 Å². The van der Waals surface area contributed by atoms with E-state index in [4.69, 9.17) is 0 Å². The number of rotatable bonds is 0. The predicted octanol–water partition coefficient (Wildman–Crippen LogP) is 1.41. The number of hydrogen-bond donors (Lipinski definition) is 1. The third-order valence-corrected chi connectivity index (χ3v) is 0.331. The Morgan fingerprint density at radius 3 is 1.33 bits per heavy atom. The summed E-state index contributed by atoms with van der Waals surface area (Å²) in [6.07, 6.45) is 3.17. The Bertz CT molecular complexity index is 83.8. The molecule has 50 valence electrons. The fraction of sp³-hybridized carbons (Fsp3) is 0. The molecular formula is C6H11N3. The molecule has 0 amide bonds. The summed E-state index contributed by atoms with van der Waals surface area (Å²) >= 11 is 0. The van der Waals surface area contributed by atoms with Gasteiger partial charge in [0.05, 0.1) is 12.4 Å². The molecule has 3 nitrogen and oxygen atoms in total. The van der Waals surface area contributed by atoms with E-state index < -0.39 is 0 Å². The number of aromatic amines is 1. The van der Waals surface area contributed by atoms with Gasteiger partial charge < -0.3 is 0 Å². The monoisotopic (exact) mass is 125 g/mol. The van der Waals surface area contributed by atoms with Crippen LogP contribution in [-0.4, -0.2) is 15.4 Å². The highest BCUT2D eigenvalue weighted by atomic mass is 15.3. The summed E-state index contributed by atoms with van der Waals surface area (Å²) in [5.74, 6) is 0. The zero-order chi connectivity index (χ0) is 7.54. The second-order valence-corrected chi connectivity index (χ2v) is 0.656. The molecule has 0 aliphatic heterocycles. The highest BCUT2D eigenvalue weighted by molar-refractivity contribution is 4.54. The lowest BCUT2D eigenvalue weighted by atomic mass is 11.0. The molecule has 0 saturated heterocycles. The van der Waals surface area contributed by atoms with Crippen LogP contribution in [0.5, 0.6) is 0 Å². The predicted molar refractivity (Wildman–Crippen MR) is 38.9 cm³/mol. The van der Waals surface area contributed by atoms with E-state index in [0.717, 1.165) is 0 Å². The van der Waals surface area contributed by atoms with Crippen LogP contribution in [-0.2, 0) is 0 Å². The summed E-state index contributed by atoms with van der Waals surface area (Å²) in [4.78, 5) is 0. The molecule has 1 rings (SSSR count). The van der Waals surface area contributed by atoms with Gasteiger partial charge in [0, 0.05) is 0 Å². The molecule has 0 bridgehead atoms. The Morgan fingerprint density at radius 2 is 1.22 bits per heavy atom. The van der Waals surface area contributed by atoms with Crippen LogP contribution >= 0.6 is 0 Å². The first-order chi connectivity index (χ1) is 4.50. The van der Waals surface area contributed by atoms with Crippen molar-refractivity contribution in [1.82, 2.24) is 15.4 Å². The molecule has 1 N–H and O–H groups in total. The third-order valence-electron chi connectivity index (χ3n) is 0.331. The SMILES string of the molecule is C=C.C=C.c1cn[nH]n1. The first kappa shape index (κ1) is 10.6. The van der Waals surface area contributed by atoms with Crippen LogP contribution in [0, 0.1) is 0 Å². The first-order valence-corrected chi connectivity index (χ1v) is 2.30. The van der Waals surface area contributed by atoms with E-state index in [1.54, 1.807) is 12.4 Å². The Morgan fingerprint density at radius 1 is 0.889 bits per heavy atom. The van der Waals surface area contributed by atoms with Gasteiger partial charge in [-0.2, -0.15) is 15.4 Å². The quantitative estimate of drug-likeness (QED) is 0.532. The van der Waals surface area contributed by atoms with Crippen molar-refractivity contribution in [3.8, 4) is 0 Å². The molecule has 9 heavy (non-hydrogen) atoms. The van der Waals surface area contributed by atoms with Crippen LogP contribution in [0.4, 0.5) is 0 Å². The van der Waals surface area contributed by atoms with Gasteiger partial charge in [0.1, 0.15) is 0 Å². The molecule has 0 radical (unpaired) electrons. The van der Waals surface area contributed by atoms with Crippen LogP contribution in [0.2, 0.25) is 0 Å². The molecule has 0 aliphatic rings. The van der Waals surface area contributed by atoms with E-state index in [2.05, 4.69) is 41.7 Å². The second kappa shape index (κ2) is 16.0. The van der Waals surface area contributed by atoms with Crippen molar-refractivity contribution >= 4 is 0 Å². The van der Waals surface area contributed by atoms with Crippen molar-refractivity contribution < 1.29 is 0 Å². The third kappa shape index (κ3) is 10.8. The van der Waals surface area contributed by atoms with Gasteiger partial charge in [-0.05, 0) is 0 Å². The highest BCUT2D eigenvalue weighted by Gasteiger charge is 1.57. The van der Waals surface area contributed by atoms with Gasteiger partial charge >= 0.3 is 0 Å². The molecule has 1 heterocycles. The minimum Gasteiger partial charge on any atom is -0.198 e. The Hall–Kier alpha value is -1.38. The van der Waals surface area contributed by atoms with E-state index >= 15 is 0 Å². The number of nitrogens with one attached hydrogen (secondary N) is 1. The molecule has 0 spiro atoms. The first-order valence-electron chi connectivity index (χ1n) is 2.30. The minimum atomic E-state index is 1.58. The molecule has 0 aliphatic carbocycles.